The summed E-state index contributed by atoms with van der Waals surface area (Å²) in [5.74, 6) is -0.435. The standard InChI is InChI=1S/C18H14N2O4/c19-10-12-5-1-2-6-13(12)11-23-17(21)9-16-18(22)20-14-7-3-4-8-15(14)24-16/h1-8,16H,9,11H2,(H,20,22)/t16-/m0/s1. The number of fused-ring (bicyclic) bond motifs is 1. The van der Waals surface area contributed by atoms with Gasteiger partial charge in [-0.2, -0.15) is 5.26 Å². The number of benzene rings is 2. The Balaban J connectivity index is 1.60. The Hall–Kier alpha value is -3.33. The van der Waals surface area contributed by atoms with E-state index in [4.69, 9.17) is 14.7 Å². The number of amides is 1. The molecular weight excluding hydrogens is 308 g/mol. The lowest BCUT2D eigenvalue weighted by molar-refractivity contribution is -0.149. The summed E-state index contributed by atoms with van der Waals surface area (Å²) in [5, 5.41) is 11.7. The van der Waals surface area contributed by atoms with Gasteiger partial charge in [0.25, 0.3) is 5.91 Å². The summed E-state index contributed by atoms with van der Waals surface area (Å²) in [6.07, 6.45) is -1.13. The first-order valence-electron chi connectivity index (χ1n) is 7.37. The van der Waals surface area contributed by atoms with Crippen LogP contribution in [0.1, 0.15) is 17.5 Å². The van der Waals surface area contributed by atoms with Crippen LogP contribution in [-0.4, -0.2) is 18.0 Å². The molecule has 0 aromatic heterocycles. The van der Waals surface area contributed by atoms with Crippen molar-refractivity contribution in [2.24, 2.45) is 0 Å². The van der Waals surface area contributed by atoms with Crippen molar-refractivity contribution in [2.75, 3.05) is 5.32 Å². The van der Waals surface area contributed by atoms with Crippen molar-refractivity contribution in [3.05, 3.63) is 59.7 Å². The van der Waals surface area contributed by atoms with E-state index in [1.807, 2.05) is 6.07 Å². The number of anilines is 1. The number of nitrogens with zero attached hydrogens (tertiary/aromatic N) is 1. The highest BCUT2D eigenvalue weighted by Gasteiger charge is 2.30. The van der Waals surface area contributed by atoms with E-state index >= 15 is 0 Å². The molecule has 0 spiro atoms. The van der Waals surface area contributed by atoms with Crippen LogP contribution in [0.5, 0.6) is 5.75 Å². The van der Waals surface area contributed by atoms with Gasteiger partial charge >= 0.3 is 5.97 Å². The molecule has 1 amide bonds. The quantitative estimate of drug-likeness (QED) is 0.873. The zero-order valence-electron chi connectivity index (χ0n) is 12.7. The molecule has 0 saturated carbocycles. The van der Waals surface area contributed by atoms with Crippen LogP contribution in [-0.2, 0) is 20.9 Å². The highest BCUT2D eigenvalue weighted by atomic mass is 16.5. The molecule has 120 valence electrons. The van der Waals surface area contributed by atoms with Crippen LogP contribution in [0.4, 0.5) is 5.69 Å². The number of hydrogen-bond donors (Lipinski definition) is 1. The summed E-state index contributed by atoms with van der Waals surface area (Å²) in [5.41, 5.74) is 1.65. The summed E-state index contributed by atoms with van der Waals surface area (Å²) in [4.78, 5) is 24.0. The van der Waals surface area contributed by atoms with Crippen molar-refractivity contribution < 1.29 is 19.1 Å². The molecule has 0 aliphatic carbocycles. The SMILES string of the molecule is N#Cc1ccccc1COC(=O)C[C@@H]1Oc2ccccc2NC1=O. The first kappa shape index (κ1) is 15.6. The molecular formula is C18H14N2O4. The number of nitrogens with one attached hydrogen (secondary N) is 1. The number of para-hydroxylation sites is 2. The maximum atomic E-state index is 12.0. The molecule has 3 rings (SSSR count). The lowest BCUT2D eigenvalue weighted by Gasteiger charge is -2.25. The van der Waals surface area contributed by atoms with Gasteiger partial charge in [0, 0.05) is 5.56 Å². The molecule has 1 aliphatic heterocycles. The fraction of sp³-hybridized carbons (Fsp3) is 0.167. The molecule has 1 N–H and O–H groups in total. The number of carbonyl (C=O) groups excluding carboxylic acids is 2. The monoisotopic (exact) mass is 322 g/mol. The summed E-state index contributed by atoms with van der Waals surface area (Å²) in [7, 11) is 0. The Morgan fingerprint density at radius 3 is 2.79 bits per heavy atom. The van der Waals surface area contributed by atoms with Gasteiger partial charge in [-0.05, 0) is 18.2 Å². The minimum atomic E-state index is -0.932. The number of esters is 1. The van der Waals surface area contributed by atoms with Crippen LogP contribution in [0.2, 0.25) is 0 Å². The Kier molecular flexibility index (Phi) is 4.43. The lowest BCUT2D eigenvalue weighted by Crippen LogP contribution is -2.38. The molecule has 1 heterocycles. The van der Waals surface area contributed by atoms with E-state index in [9.17, 15) is 9.59 Å². The summed E-state index contributed by atoms with van der Waals surface area (Å²) in [6, 6.07) is 15.9. The Labute approximate surface area is 138 Å². The van der Waals surface area contributed by atoms with Crippen LogP contribution in [0.3, 0.4) is 0 Å². The van der Waals surface area contributed by atoms with Crippen LogP contribution in [0, 0.1) is 11.3 Å². The maximum Gasteiger partial charge on any atom is 0.310 e. The fourth-order valence-electron chi connectivity index (χ4n) is 2.35. The molecule has 2 aromatic carbocycles. The van der Waals surface area contributed by atoms with Gasteiger partial charge in [-0.1, -0.05) is 30.3 Å². The van der Waals surface area contributed by atoms with Crippen LogP contribution in [0.25, 0.3) is 0 Å². The van der Waals surface area contributed by atoms with Crippen molar-refractivity contribution in [1.29, 1.82) is 5.26 Å². The number of carbonyl (C=O) groups is 2. The third-order valence-corrected chi connectivity index (χ3v) is 3.59. The molecule has 1 aliphatic rings. The minimum Gasteiger partial charge on any atom is -0.478 e. The second-order valence-corrected chi connectivity index (χ2v) is 5.23. The third-order valence-electron chi connectivity index (χ3n) is 3.59. The van der Waals surface area contributed by atoms with E-state index in [1.54, 1.807) is 48.5 Å². The van der Waals surface area contributed by atoms with Crippen LogP contribution < -0.4 is 10.1 Å². The van der Waals surface area contributed by atoms with E-state index in [-0.39, 0.29) is 18.9 Å². The highest BCUT2D eigenvalue weighted by Crippen LogP contribution is 2.29. The number of rotatable bonds is 4. The molecule has 0 saturated heterocycles. The number of ether oxygens (including phenoxy) is 2. The molecule has 2 aromatic rings. The predicted octanol–water partition coefficient (Wildman–Crippen LogP) is 2.39. The van der Waals surface area contributed by atoms with E-state index in [0.717, 1.165) is 0 Å². The zero-order valence-corrected chi connectivity index (χ0v) is 12.7. The molecule has 6 heteroatoms. The van der Waals surface area contributed by atoms with Crippen molar-refractivity contribution in [1.82, 2.24) is 0 Å². The lowest BCUT2D eigenvalue weighted by atomic mass is 10.1. The molecule has 0 bridgehead atoms. The average molecular weight is 322 g/mol. The smallest absolute Gasteiger partial charge is 0.310 e. The maximum absolute atomic E-state index is 12.0. The van der Waals surface area contributed by atoms with Gasteiger partial charge in [0.2, 0.25) is 0 Å². The van der Waals surface area contributed by atoms with Crippen molar-refractivity contribution >= 4 is 17.6 Å². The number of nitriles is 1. The third kappa shape index (κ3) is 3.36. The normalized spacial score (nSPS) is 15.5. The van der Waals surface area contributed by atoms with Gasteiger partial charge in [0.15, 0.2) is 6.10 Å². The summed E-state index contributed by atoms with van der Waals surface area (Å²) in [6.45, 7) is -0.0203. The predicted molar refractivity (Wildman–Crippen MR) is 85.1 cm³/mol. The van der Waals surface area contributed by atoms with Crippen molar-refractivity contribution in [3.63, 3.8) is 0 Å². The molecule has 0 fully saturated rings. The Morgan fingerprint density at radius 1 is 1.21 bits per heavy atom. The average Bonchev–Trinajstić information content (AvgIpc) is 2.61. The largest absolute Gasteiger partial charge is 0.478 e. The van der Waals surface area contributed by atoms with Gasteiger partial charge in [0.1, 0.15) is 12.4 Å². The zero-order chi connectivity index (χ0) is 16.9. The molecule has 0 unspecified atom stereocenters. The Morgan fingerprint density at radius 2 is 1.96 bits per heavy atom. The second-order valence-electron chi connectivity index (χ2n) is 5.23. The molecule has 0 radical (unpaired) electrons. The molecule has 1 atom stereocenters. The van der Waals surface area contributed by atoms with E-state index in [1.165, 1.54) is 0 Å². The molecule has 24 heavy (non-hydrogen) atoms. The number of hydrogen-bond acceptors (Lipinski definition) is 5. The first-order valence-corrected chi connectivity index (χ1v) is 7.37. The molecule has 6 nitrogen and oxygen atoms in total. The topological polar surface area (TPSA) is 88.4 Å². The van der Waals surface area contributed by atoms with Crippen LogP contribution >= 0.6 is 0 Å². The van der Waals surface area contributed by atoms with Gasteiger partial charge in [0.05, 0.1) is 23.7 Å². The minimum absolute atomic E-state index is 0.0203. The fourth-order valence-corrected chi connectivity index (χ4v) is 2.35. The van der Waals surface area contributed by atoms with Gasteiger partial charge in [-0.15, -0.1) is 0 Å². The second kappa shape index (κ2) is 6.84. The van der Waals surface area contributed by atoms with E-state index in [2.05, 4.69) is 5.32 Å². The van der Waals surface area contributed by atoms with Crippen molar-refractivity contribution in [2.45, 2.75) is 19.1 Å². The summed E-state index contributed by atoms with van der Waals surface area (Å²) < 4.78 is 10.7. The van der Waals surface area contributed by atoms with Gasteiger partial charge < -0.3 is 14.8 Å². The van der Waals surface area contributed by atoms with Crippen LogP contribution in [0.15, 0.2) is 48.5 Å². The Bertz CT molecular complexity index is 826. The first-order chi connectivity index (χ1) is 11.7. The van der Waals surface area contributed by atoms with E-state index < -0.39 is 12.1 Å². The van der Waals surface area contributed by atoms with Crippen molar-refractivity contribution in [3.8, 4) is 11.8 Å². The highest BCUT2D eigenvalue weighted by molar-refractivity contribution is 5.99. The van der Waals surface area contributed by atoms with E-state index in [0.29, 0.717) is 22.6 Å². The van der Waals surface area contributed by atoms with Gasteiger partial charge in [-0.25, -0.2) is 0 Å². The van der Waals surface area contributed by atoms with Gasteiger partial charge in [-0.3, -0.25) is 9.59 Å². The summed E-state index contributed by atoms with van der Waals surface area (Å²) >= 11 is 0.